The van der Waals surface area contributed by atoms with Gasteiger partial charge in [-0.25, -0.2) is 9.78 Å². The van der Waals surface area contributed by atoms with E-state index in [9.17, 15) is 9.59 Å². The summed E-state index contributed by atoms with van der Waals surface area (Å²) in [5.41, 5.74) is 1.38. The summed E-state index contributed by atoms with van der Waals surface area (Å²) in [6.45, 7) is 0. The van der Waals surface area contributed by atoms with Gasteiger partial charge in [-0.3, -0.25) is 13.9 Å². The lowest BCUT2D eigenvalue weighted by atomic mass is 10.1. The third-order valence-corrected chi connectivity index (χ3v) is 3.72. The van der Waals surface area contributed by atoms with Crippen LogP contribution in [0.4, 0.5) is 0 Å². The number of fused-ring (bicyclic) bond motifs is 1. The average Bonchev–Trinajstić information content (AvgIpc) is 2.57. The number of rotatable bonds is 2. The molecule has 0 saturated heterocycles. The summed E-state index contributed by atoms with van der Waals surface area (Å²) >= 11 is 0. The molecule has 6 heteroatoms. The number of benzene rings is 1. The Morgan fingerprint density at radius 2 is 1.68 bits per heavy atom. The summed E-state index contributed by atoms with van der Waals surface area (Å²) in [5, 5.41) is 0.415. The second-order valence-corrected chi connectivity index (χ2v) is 5.03. The maximum atomic E-state index is 12.3. The molecule has 0 fully saturated rings. The summed E-state index contributed by atoms with van der Waals surface area (Å²) in [6, 6.07) is 9.24. The molecule has 0 bridgehead atoms. The van der Waals surface area contributed by atoms with Crippen LogP contribution in [-0.4, -0.2) is 21.2 Å². The van der Waals surface area contributed by atoms with Gasteiger partial charge in [0.15, 0.2) is 0 Å². The molecule has 3 aromatic rings. The Kier molecular flexibility index (Phi) is 3.29. The molecule has 0 unspecified atom stereocenters. The summed E-state index contributed by atoms with van der Waals surface area (Å²) in [5.74, 6) is 0.760. The van der Waals surface area contributed by atoms with E-state index in [2.05, 4.69) is 4.98 Å². The second-order valence-electron chi connectivity index (χ2n) is 5.03. The fraction of sp³-hybridized carbons (Fsp3) is 0.188. The first-order chi connectivity index (χ1) is 10.5. The minimum atomic E-state index is -0.387. The molecule has 2 heterocycles. The van der Waals surface area contributed by atoms with Gasteiger partial charge in [-0.1, -0.05) is 12.1 Å². The van der Waals surface area contributed by atoms with E-state index in [4.69, 9.17) is 4.74 Å². The van der Waals surface area contributed by atoms with Crippen LogP contribution in [0.15, 0.2) is 46.1 Å². The molecule has 112 valence electrons. The molecule has 22 heavy (non-hydrogen) atoms. The molecule has 0 spiro atoms. The number of nitrogens with zero attached hydrogens (tertiary/aromatic N) is 3. The van der Waals surface area contributed by atoms with Crippen molar-refractivity contribution in [2.45, 2.75) is 0 Å². The zero-order valence-electron chi connectivity index (χ0n) is 12.5. The van der Waals surface area contributed by atoms with Gasteiger partial charge in [0.05, 0.1) is 12.5 Å². The van der Waals surface area contributed by atoms with E-state index >= 15 is 0 Å². The molecule has 0 saturated carbocycles. The van der Waals surface area contributed by atoms with E-state index in [-0.39, 0.29) is 11.2 Å². The Morgan fingerprint density at radius 3 is 2.32 bits per heavy atom. The maximum Gasteiger partial charge on any atom is 0.332 e. The van der Waals surface area contributed by atoms with Gasteiger partial charge in [-0.15, -0.1) is 0 Å². The number of methoxy groups -OCH3 is 1. The monoisotopic (exact) mass is 297 g/mol. The third kappa shape index (κ3) is 2.09. The van der Waals surface area contributed by atoms with Crippen molar-refractivity contribution in [1.29, 1.82) is 0 Å². The molecular weight excluding hydrogens is 282 g/mol. The van der Waals surface area contributed by atoms with Crippen LogP contribution in [0.2, 0.25) is 0 Å². The number of aromatic nitrogens is 3. The molecule has 2 aromatic heterocycles. The number of aryl methyl sites for hydroxylation is 1. The smallest absolute Gasteiger partial charge is 0.332 e. The van der Waals surface area contributed by atoms with Crippen molar-refractivity contribution in [1.82, 2.24) is 14.1 Å². The van der Waals surface area contributed by atoms with Crippen LogP contribution in [0.5, 0.6) is 5.75 Å². The Morgan fingerprint density at radius 1 is 1.00 bits per heavy atom. The van der Waals surface area contributed by atoms with E-state index in [0.717, 1.165) is 21.4 Å². The minimum Gasteiger partial charge on any atom is -0.497 e. The highest BCUT2D eigenvalue weighted by Crippen LogP contribution is 2.23. The standard InChI is InChI=1S/C16H15N3O3/c1-18-14-13(15(20)19(2)16(18)21)8-11(9-17-14)10-4-6-12(22-3)7-5-10/h4-9H,1-3H3. The second kappa shape index (κ2) is 5.14. The molecule has 0 aliphatic carbocycles. The van der Waals surface area contributed by atoms with Crippen molar-refractivity contribution < 1.29 is 4.74 Å². The minimum absolute atomic E-state index is 0.346. The van der Waals surface area contributed by atoms with Gasteiger partial charge in [0.1, 0.15) is 11.4 Å². The molecule has 6 nitrogen and oxygen atoms in total. The zero-order chi connectivity index (χ0) is 15.9. The van der Waals surface area contributed by atoms with E-state index < -0.39 is 0 Å². The van der Waals surface area contributed by atoms with E-state index in [1.807, 2.05) is 24.3 Å². The van der Waals surface area contributed by atoms with Crippen molar-refractivity contribution >= 4 is 11.0 Å². The molecule has 0 aliphatic rings. The van der Waals surface area contributed by atoms with Crippen LogP contribution in [0.1, 0.15) is 0 Å². The molecule has 0 N–H and O–H groups in total. The van der Waals surface area contributed by atoms with Crippen molar-refractivity contribution in [3.05, 3.63) is 57.4 Å². The van der Waals surface area contributed by atoms with E-state index in [0.29, 0.717) is 11.0 Å². The molecule has 0 atom stereocenters. The summed E-state index contributed by atoms with van der Waals surface area (Å²) in [7, 11) is 4.67. The maximum absolute atomic E-state index is 12.3. The van der Waals surface area contributed by atoms with Crippen LogP contribution >= 0.6 is 0 Å². The van der Waals surface area contributed by atoms with Gasteiger partial charge in [0.25, 0.3) is 5.56 Å². The van der Waals surface area contributed by atoms with Crippen LogP contribution in [0, 0.1) is 0 Å². The fourth-order valence-electron chi connectivity index (χ4n) is 2.41. The first-order valence-corrected chi connectivity index (χ1v) is 6.73. The fourth-order valence-corrected chi connectivity index (χ4v) is 2.41. The number of hydrogen-bond donors (Lipinski definition) is 0. The topological polar surface area (TPSA) is 66.1 Å². The lowest BCUT2D eigenvalue weighted by Gasteiger charge is -2.08. The Hall–Kier alpha value is -2.89. The van der Waals surface area contributed by atoms with Crippen LogP contribution < -0.4 is 16.0 Å². The molecule has 1 aromatic carbocycles. The van der Waals surface area contributed by atoms with Crippen molar-refractivity contribution in [2.75, 3.05) is 7.11 Å². The lowest BCUT2D eigenvalue weighted by Crippen LogP contribution is -2.37. The highest BCUT2D eigenvalue weighted by molar-refractivity contribution is 5.80. The largest absolute Gasteiger partial charge is 0.497 e. The highest BCUT2D eigenvalue weighted by atomic mass is 16.5. The molecule has 0 aliphatic heterocycles. The van der Waals surface area contributed by atoms with Crippen molar-refractivity contribution in [3.8, 4) is 16.9 Å². The average molecular weight is 297 g/mol. The summed E-state index contributed by atoms with van der Waals surface area (Å²) in [6.07, 6.45) is 1.66. The molecule has 0 radical (unpaired) electrons. The number of hydrogen-bond acceptors (Lipinski definition) is 4. The SMILES string of the molecule is COc1ccc(-c2cnc3c(c2)c(=O)n(C)c(=O)n3C)cc1. The van der Waals surface area contributed by atoms with Gasteiger partial charge >= 0.3 is 5.69 Å². The summed E-state index contributed by atoms with van der Waals surface area (Å²) < 4.78 is 7.59. The van der Waals surface area contributed by atoms with Gasteiger partial charge in [0.2, 0.25) is 0 Å². The van der Waals surface area contributed by atoms with Crippen molar-refractivity contribution in [2.24, 2.45) is 14.1 Å². The first kappa shape index (κ1) is 14.1. The zero-order valence-corrected chi connectivity index (χ0v) is 12.5. The van der Waals surface area contributed by atoms with Crippen LogP contribution in [-0.2, 0) is 14.1 Å². The Labute approximate surface area is 126 Å². The van der Waals surface area contributed by atoms with Crippen LogP contribution in [0.3, 0.4) is 0 Å². The first-order valence-electron chi connectivity index (χ1n) is 6.73. The Bertz CT molecular complexity index is 969. The number of ether oxygens (including phenoxy) is 1. The van der Waals surface area contributed by atoms with E-state index in [1.54, 1.807) is 26.4 Å². The normalized spacial score (nSPS) is 10.9. The predicted octanol–water partition coefficient (Wildman–Crippen LogP) is 1.31. The quantitative estimate of drug-likeness (QED) is 0.715. The number of pyridine rings is 1. The lowest BCUT2D eigenvalue weighted by molar-refractivity contribution is 0.415. The van der Waals surface area contributed by atoms with E-state index in [1.165, 1.54) is 11.6 Å². The molecule has 0 amide bonds. The van der Waals surface area contributed by atoms with Gasteiger partial charge < -0.3 is 4.74 Å². The van der Waals surface area contributed by atoms with Gasteiger partial charge in [-0.05, 0) is 23.8 Å². The van der Waals surface area contributed by atoms with Crippen molar-refractivity contribution in [3.63, 3.8) is 0 Å². The van der Waals surface area contributed by atoms with Crippen LogP contribution in [0.25, 0.3) is 22.2 Å². The van der Waals surface area contributed by atoms with Gasteiger partial charge in [0, 0.05) is 25.9 Å². The Balaban J connectivity index is 2.25. The summed E-state index contributed by atoms with van der Waals surface area (Å²) in [4.78, 5) is 28.5. The van der Waals surface area contributed by atoms with Gasteiger partial charge in [-0.2, -0.15) is 0 Å². The molecule has 3 rings (SSSR count). The predicted molar refractivity (Wildman–Crippen MR) is 84.2 cm³/mol. The molecular formula is C16H15N3O3. The third-order valence-electron chi connectivity index (χ3n) is 3.72. The highest BCUT2D eigenvalue weighted by Gasteiger charge is 2.10.